The normalized spacial score (nSPS) is 14.4. The standard InChI is InChI=1S/C19H23BrN2O4/c1-12(2)11-26-17(23)10-22-15-7-9-21(19(24)25)8-6-13(15)18-14(20)4-3-5-16(18)22/h3-5,12H,6-11H2,1-2H3,(H,24,25). The van der Waals surface area contributed by atoms with Crippen LogP contribution in [0.3, 0.4) is 0 Å². The Labute approximate surface area is 160 Å². The molecular weight excluding hydrogens is 400 g/mol. The molecule has 7 heteroatoms. The summed E-state index contributed by atoms with van der Waals surface area (Å²) in [6.07, 6.45) is 0.316. The summed E-state index contributed by atoms with van der Waals surface area (Å²) in [7, 11) is 0. The van der Waals surface area contributed by atoms with E-state index in [-0.39, 0.29) is 18.4 Å². The average molecular weight is 423 g/mol. The third-order valence-corrected chi connectivity index (χ3v) is 5.30. The molecule has 0 unspecified atom stereocenters. The van der Waals surface area contributed by atoms with Crippen LogP contribution in [0.1, 0.15) is 25.1 Å². The number of fused-ring (bicyclic) bond motifs is 3. The van der Waals surface area contributed by atoms with Crippen LogP contribution < -0.4 is 0 Å². The van der Waals surface area contributed by atoms with Gasteiger partial charge in [-0.15, -0.1) is 0 Å². The number of carbonyl (C=O) groups is 2. The van der Waals surface area contributed by atoms with Gasteiger partial charge in [-0.2, -0.15) is 0 Å². The van der Waals surface area contributed by atoms with E-state index >= 15 is 0 Å². The summed E-state index contributed by atoms with van der Waals surface area (Å²) in [4.78, 5) is 25.1. The Morgan fingerprint density at radius 1 is 1.27 bits per heavy atom. The van der Waals surface area contributed by atoms with Crippen molar-refractivity contribution in [3.63, 3.8) is 0 Å². The Morgan fingerprint density at radius 3 is 2.69 bits per heavy atom. The molecule has 1 aromatic heterocycles. The van der Waals surface area contributed by atoms with E-state index in [1.54, 1.807) is 0 Å². The van der Waals surface area contributed by atoms with Crippen LogP contribution in [-0.4, -0.2) is 46.3 Å². The quantitative estimate of drug-likeness (QED) is 0.762. The Balaban J connectivity index is 1.99. The van der Waals surface area contributed by atoms with Crippen LogP contribution in [-0.2, 0) is 28.9 Å². The number of benzene rings is 1. The molecule has 2 heterocycles. The number of esters is 1. The first-order valence-electron chi connectivity index (χ1n) is 8.80. The van der Waals surface area contributed by atoms with Gasteiger partial charge in [0.25, 0.3) is 0 Å². The monoisotopic (exact) mass is 422 g/mol. The van der Waals surface area contributed by atoms with E-state index in [1.807, 2.05) is 36.6 Å². The summed E-state index contributed by atoms with van der Waals surface area (Å²) in [5, 5.41) is 10.4. The van der Waals surface area contributed by atoms with Crippen LogP contribution >= 0.6 is 15.9 Å². The van der Waals surface area contributed by atoms with Crippen molar-refractivity contribution in [1.29, 1.82) is 0 Å². The molecule has 0 bridgehead atoms. The number of nitrogens with zero attached hydrogens (tertiary/aromatic N) is 2. The minimum Gasteiger partial charge on any atom is -0.465 e. The van der Waals surface area contributed by atoms with Crippen molar-refractivity contribution < 1.29 is 19.4 Å². The van der Waals surface area contributed by atoms with Gasteiger partial charge in [0.1, 0.15) is 6.54 Å². The first-order chi connectivity index (χ1) is 12.4. The SMILES string of the molecule is CC(C)COC(=O)Cn1c2c(c3c(Br)cccc31)CCN(C(=O)O)CC2. The van der Waals surface area contributed by atoms with Crippen molar-refractivity contribution in [2.24, 2.45) is 5.92 Å². The predicted molar refractivity (Wildman–Crippen MR) is 102 cm³/mol. The number of aromatic nitrogens is 1. The number of hydrogen-bond acceptors (Lipinski definition) is 3. The molecule has 0 saturated carbocycles. The van der Waals surface area contributed by atoms with Gasteiger partial charge in [-0.3, -0.25) is 4.79 Å². The summed E-state index contributed by atoms with van der Waals surface area (Å²) in [5.74, 6) is 0.0217. The molecule has 2 aromatic rings. The lowest BCUT2D eigenvalue weighted by atomic mass is 10.1. The molecule has 1 aromatic carbocycles. The second-order valence-corrected chi connectivity index (χ2v) is 7.85. The van der Waals surface area contributed by atoms with Crippen LogP contribution in [0.15, 0.2) is 22.7 Å². The maximum absolute atomic E-state index is 12.3. The lowest BCUT2D eigenvalue weighted by Gasteiger charge is -2.16. The molecule has 1 amide bonds. The third-order valence-electron chi connectivity index (χ3n) is 4.64. The number of hydrogen-bond donors (Lipinski definition) is 1. The number of rotatable bonds is 4. The van der Waals surface area contributed by atoms with E-state index in [1.165, 1.54) is 4.90 Å². The van der Waals surface area contributed by atoms with Crippen molar-refractivity contribution in [3.8, 4) is 0 Å². The van der Waals surface area contributed by atoms with Gasteiger partial charge in [-0.25, -0.2) is 4.79 Å². The lowest BCUT2D eigenvalue weighted by Crippen LogP contribution is -2.32. The Morgan fingerprint density at radius 2 is 2.00 bits per heavy atom. The minimum atomic E-state index is -0.901. The lowest BCUT2D eigenvalue weighted by molar-refractivity contribution is -0.145. The zero-order valence-corrected chi connectivity index (χ0v) is 16.6. The van der Waals surface area contributed by atoms with Gasteiger partial charge >= 0.3 is 12.1 Å². The minimum absolute atomic E-state index is 0.141. The van der Waals surface area contributed by atoms with Crippen molar-refractivity contribution in [3.05, 3.63) is 33.9 Å². The zero-order chi connectivity index (χ0) is 18.8. The highest BCUT2D eigenvalue weighted by atomic mass is 79.9. The topological polar surface area (TPSA) is 71.8 Å². The van der Waals surface area contributed by atoms with Crippen LogP contribution in [0, 0.1) is 5.92 Å². The van der Waals surface area contributed by atoms with Crippen LogP contribution in [0.4, 0.5) is 4.79 Å². The summed E-state index contributed by atoms with van der Waals surface area (Å²) >= 11 is 3.62. The zero-order valence-electron chi connectivity index (χ0n) is 15.0. The molecule has 6 nitrogen and oxygen atoms in total. The third kappa shape index (κ3) is 3.72. The fourth-order valence-electron chi connectivity index (χ4n) is 3.45. The Kier molecular flexibility index (Phi) is 5.55. The molecule has 3 rings (SSSR count). The molecular formula is C19H23BrN2O4. The van der Waals surface area contributed by atoms with Gasteiger partial charge in [-0.05, 0) is 30.0 Å². The molecule has 1 N–H and O–H groups in total. The Hall–Kier alpha value is -2.02. The van der Waals surface area contributed by atoms with E-state index in [2.05, 4.69) is 15.9 Å². The van der Waals surface area contributed by atoms with E-state index < -0.39 is 6.09 Å². The van der Waals surface area contributed by atoms with E-state index in [9.17, 15) is 14.7 Å². The second-order valence-electron chi connectivity index (χ2n) is 6.99. The largest absolute Gasteiger partial charge is 0.465 e. The summed E-state index contributed by atoms with van der Waals surface area (Å²) in [5.41, 5.74) is 3.12. The first-order valence-corrected chi connectivity index (χ1v) is 9.59. The molecule has 26 heavy (non-hydrogen) atoms. The first kappa shape index (κ1) is 18.8. The van der Waals surface area contributed by atoms with Crippen molar-refractivity contribution in [1.82, 2.24) is 9.47 Å². The second kappa shape index (κ2) is 7.70. The molecule has 0 aliphatic carbocycles. The fraction of sp³-hybridized carbons (Fsp3) is 0.474. The summed E-state index contributed by atoms with van der Waals surface area (Å²) < 4.78 is 8.31. The number of halogens is 1. The summed E-state index contributed by atoms with van der Waals surface area (Å²) in [6, 6.07) is 5.93. The highest BCUT2D eigenvalue weighted by Crippen LogP contribution is 2.34. The van der Waals surface area contributed by atoms with Gasteiger partial charge in [0.2, 0.25) is 0 Å². The van der Waals surface area contributed by atoms with E-state index in [0.717, 1.165) is 26.6 Å². The van der Waals surface area contributed by atoms with Gasteiger partial charge in [-0.1, -0.05) is 35.8 Å². The molecule has 1 aliphatic heterocycles. The number of carboxylic acid groups (broad SMARTS) is 1. The average Bonchev–Trinajstić information content (AvgIpc) is 2.74. The number of ether oxygens (including phenoxy) is 1. The van der Waals surface area contributed by atoms with E-state index in [4.69, 9.17) is 4.74 Å². The highest BCUT2D eigenvalue weighted by molar-refractivity contribution is 9.10. The van der Waals surface area contributed by atoms with Crippen molar-refractivity contribution in [2.75, 3.05) is 19.7 Å². The highest BCUT2D eigenvalue weighted by Gasteiger charge is 2.25. The van der Waals surface area contributed by atoms with Crippen molar-refractivity contribution >= 4 is 38.9 Å². The van der Waals surface area contributed by atoms with Crippen molar-refractivity contribution in [2.45, 2.75) is 33.2 Å². The number of amides is 1. The number of carbonyl (C=O) groups excluding carboxylic acids is 1. The Bertz CT molecular complexity index is 844. The molecule has 0 radical (unpaired) electrons. The predicted octanol–water partition coefficient (Wildman–Crippen LogP) is 3.68. The van der Waals surface area contributed by atoms with Gasteiger partial charge < -0.3 is 19.3 Å². The molecule has 0 spiro atoms. The van der Waals surface area contributed by atoms with Gasteiger partial charge in [0.15, 0.2) is 0 Å². The van der Waals surface area contributed by atoms with Crippen LogP contribution in [0.5, 0.6) is 0 Å². The van der Waals surface area contributed by atoms with Crippen LogP contribution in [0.25, 0.3) is 10.9 Å². The molecule has 0 fully saturated rings. The molecule has 0 saturated heterocycles. The molecule has 1 aliphatic rings. The maximum Gasteiger partial charge on any atom is 0.407 e. The molecule has 0 atom stereocenters. The molecule has 140 valence electrons. The van der Waals surface area contributed by atoms with Gasteiger partial charge in [0, 0.05) is 35.1 Å². The van der Waals surface area contributed by atoms with Crippen LogP contribution in [0.2, 0.25) is 0 Å². The van der Waals surface area contributed by atoms with Gasteiger partial charge in [0.05, 0.1) is 12.1 Å². The summed E-state index contributed by atoms with van der Waals surface area (Å²) in [6.45, 7) is 5.43. The fourth-order valence-corrected chi connectivity index (χ4v) is 4.04. The maximum atomic E-state index is 12.3. The smallest absolute Gasteiger partial charge is 0.407 e. The van der Waals surface area contributed by atoms with E-state index in [0.29, 0.717) is 32.5 Å².